The first-order chi connectivity index (χ1) is 69.1. The number of nitrogen functional groups attached to an aromatic ring is 1. The number of benzene rings is 2. The Kier molecular flexibility index (Phi) is 57.6. The highest BCUT2D eigenvalue weighted by Gasteiger charge is 2.45. The number of fused-ring (bicyclic) bond motifs is 1. The minimum Gasteiger partial charge on any atom is -0.480 e. The molecule has 2 aromatic carbocycles. The standard InChI is InChI=1S/C93H147N27O24/c1-4-5-31-65(84(133)109-68-37-39-77(125)101-41-25-24-32-64(82(98)132)105-87(136)69(46-58(2)62-29-22-23-30-63(62)96)110-85(134)66(33-26-40-100-57-95)106-88(137)70(47-59-27-18-17-19-28-59)112-91(140)73-49-61(122)52-120(73)93(68)142)108-92(141)83(116-119(53-80(128)129)54-81(130)131)113-89(138)71(48-60(50-94)99-3)111-86(135)67(36-38-74(97)123)107-90(139)72(55-121)104-78(126)51-103-79(127)56-144-45-44-143-43-42-102-76(124)35-21-16-14-12-10-8-6-7-9-11-13-15-20-34-75-114-117-118-115-75/h17-19,22-23,27-30,50,61,64-73,83,100,116,121-122H,2-16,20-21,24-26,31-49,51-57,94-96H2,1H3,(H2,97,123)(H2,98,132)(H,101,125)(H,102,124)(H,103,127)(H,104,126)(H,105,136)(H,106,137)(H,107,139)(H,108,141)(H,109,133)(H,110,134)(H,111,135)(H,112,140)(H,113,138)(H,128,129)(H,130,131)(H,114,115,117,118)/b60-50-/t61-,64+,65+,66+,67+,68+,69+,70-,71+,72+,73+,83?/m1/s1. The summed E-state index contributed by atoms with van der Waals surface area (Å²) < 4.78 is 10.8. The van der Waals surface area contributed by atoms with E-state index in [0.717, 1.165) is 55.4 Å². The van der Waals surface area contributed by atoms with E-state index in [9.17, 15) is 82.8 Å². The molecule has 798 valence electrons. The predicted molar refractivity (Wildman–Crippen MR) is 523 cm³/mol. The second-order valence-corrected chi connectivity index (χ2v) is 35.0. The van der Waals surface area contributed by atoms with Crippen molar-refractivity contribution in [2.24, 2.45) is 27.9 Å². The highest BCUT2D eigenvalue weighted by atomic mass is 16.5. The topological polar surface area (TPSA) is 790 Å². The van der Waals surface area contributed by atoms with Gasteiger partial charge in [-0.15, -0.1) is 5.10 Å². The molecule has 5 rings (SSSR count). The average molecular weight is 2030 g/mol. The van der Waals surface area contributed by atoms with Crippen molar-refractivity contribution in [2.45, 2.75) is 279 Å². The largest absolute Gasteiger partial charge is 0.480 e. The van der Waals surface area contributed by atoms with Crippen LogP contribution in [0.25, 0.3) is 5.57 Å². The molecule has 144 heavy (non-hydrogen) atoms. The Morgan fingerprint density at radius 2 is 1.26 bits per heavy atom. The van der Waals surface area contributed by atoms with E-state index in [2.05, 4.69) is 119 Å². The van der Waals surface area contributed by atoms with Gasteiger partial charge in [0, 0.05) is 95.1 Å². The number of hydrogen-bond acceptors (Lipinski definition) is 32. The second kappa shape index (κ2) is 68.6. The number of carbonyl (C=O) groups is 18. The zero-order chi connectivity index (χ0) is 106. The average Bonchev–Trinajstić information content (AvgIpc) is 1.67. The van der Waals surface area contributed by atoms with Crippen molar-refractivity contribution in [3.8, 4) is 0 Å². The van der Waals surface area contributed by atoms with Crippen molar-refractivity contribution >= 4 is 124 Å². The zero-order valence-corrected chi connectivity index (χ0v) is 81.8. The number of aliphatic hydroxyl groups excluding tert-OH is 2. The minimum absolute atomic E-state index is 0.0351. The van der Waals surface area contributed by atoms with Gasteiger partial charge < -0.3 is 138 Å². The molecule has 3 heterocycles. The number of nitrogens with two attached hydrogens (primary N) is 5. The number of aliphatic hydroxyl groups is 2. The summed E-state index contributed by atoms with van der Waals surface area (Å²) >= 11 is 0. The number of aromatic amines is 1. The zero-order valence-electron chi connectivity index (χ0n) is 81.8. The number of aromatic nitrogens is 4. The number of tetrazole rings is 1. The number of ether oxygens (including phenoxy) is 2. The lowest BCUT2D eigenvalue weighted by Crippen LogP contribution is -2.66. The number of carboxylic acids is 2. The highest BCUT2D eigenvalue weighted by molar-refractivity contribution is 6.01. The van der Waals surface area contributed by atoms with Crippen LogP contribution in [0.1, 0.15) is 210 Å². The normalized spacial score (nSPS) is 18.4. The maximum atomic E-state index is 15.5. The van der Waals surface area contributed by atoms with Gasteiger partial charge in [-0.2, -0.15) is 0 Å². The van der Waals surface area contributed by atoms with Crippen molar-refractivity contribution in [3.05, 3.63) is 90.0 Å². The molecule has 16 amide bonds. The Morgan fingerprint density at radius 1 is 0.646 bits per heavy atom. The molecule has 51 nitrogen and oxygen atoms in total. The van der Waals surface area contributed by atoms with E-state index in [1.807, 2.05) is 0 Å². The number of unbranched alkanes of at least 4 members (excludes halogenated alkanes) is 13. The highest BCUT2D eigenvalue weighted by Crippen LogP contribution is 2.26. The van der Waals surface area contributed by atoms with Gasteiger partial charge >= 0.3 is 11.9 Å². The van der Waals surface area contributed by atoms with Gasteiger partial charge in [0.05, 0.1) is 44.8 Å². The van der Waals surface area contributed by atoms with Gasteiger partial charge in [-0.05, 0) is 105 Å². The second-order valence-electron chi connectivity index (χ2n) is 35.0. The third-order valence-corrected chi connectivity index (χ3v) is 23.4. The van der Waals surface area contributed by atoms with E-state index >= 15 is 24.0 Å². The number of primary amides is 2. The summed E-state index contributed by atoms with van der Waals surface area (Å²) in [6.45, 7) is 4.33. The Bertz CT molecular complexity index is 4660. The lowest BCUT2D eigenvalue weighted by molar-refractivity contribution is -0.146. The molecule has 0 radical (unpaired) electrons. The van der Waals surface area contributed by atoms with Crippen molar-refractivity contribution in [2.75, 3.05) is 91.3 Å². The van der Waals surface area contributed by atoms with Crippen LogP contribution in [0, 0.1) is 0 Å². The lowest BCUT2D eigenvalue weighted by Gasteiger charge is -2.32. The molecular formula is C93H147N27O24. The van der Waals surface area contributed by atoms with Gasteiger partial charge in [-0.1, -0.05) is 146 Å². The van der Waals surface area contributed by atoms with Gasteiger partial charge in [0.25, 0.3) is 5.91 Å². The quantitative estimate of drug-likeness (QED) is 0.00830. The molecule has 0 spiro atoms. The maximum absolute atomic E-state index is 15.5. The molecule has 51 heteroatoms. The maximum Gasteiger partial charge on any atom is 0.319 e. The summed E-state index contributed by atoms with van der Waals surface area (Å²) in [5.41, 5.74) is 32.8. The molecule has 1 unspecified atom stereocenters. The fourth-order valence-corrected chi connectivity index (χ4v) is 15.6. The van der Waals surface area contributed by atoms with Gasteiger partial charge in [-0.25, -0.2) is 15.5 Å². The summed E-state index contributed by atoms with van der Waals surface area (Å²) in [7, 11) is 0. The first-order valence-corrected chi connectivity index (χ1v) is 48.7. The number of amides is 16. The molecule has 2 aliphatic rings. The van der Waals surface area contributed by atoms with Gasteiger partial charge in [-0.3, -0.25) is 91.3 Å². The fraction of sp³-hybridized carbons (Fsp3) is 0.613. The van der Waals surface area contributed by atoms with Crippen molar-refractivity contribution in [3.63, 3.8) is 0 Å². The number of para-hydroxylation sites is 1. The number of nitrogens with zero attached hydrogens (tertiary/aromatic N) is 6. The molecular weight excluding hydrogens is 1880 g/mol. The van der Waals surface area contributed by atoms with Crippen LogP contribution >= 0.6 is 0 Å². The molecule has 3 aromatic rings. The van der Waals surface area contributed by atoms with Crippen LogP contribution in [0.4, 0.5) is 5.69 Å². The number of rotatable bonds is 64. The van der Waals surface area contributed by atoms with Crippen LogP contribution in [0.15, 0.2) is 78.1 Å². The SMILES string of the molecule is C=N/C(=C\N)C[C@H](NC(=O)[C@H](CCC(N)=O)NC(=O)[C@H](CO)NC(=O)CNC(=O)COCCOCCNC(=O)CCCCCCCCCCCCCCCc1nnn[nH]1)C(=O)NC(NN(CC(=O)O)CC(=O)O)C(=O)N[C@@H](CCCC)C(=O)N[C@H]1CCC(=O)NCCCC[C@@H](C(N)=O)NC(=O)[C@H](CC(=C)c2ccccc2N)NC(=O)[C@H](CCCNCN)NC(=O)[C@@H](Cc2ccccc2)NC(=O)[C@@H]2C[C@@H](O)CN2C1=O. The van der Waals surface area contributed by atoms with E-state index in [1.54, 1.807) is 61.5 Å². The van der Waals surface area contributed by atoms with Crippen LogP contribution in [0.2, 0.25) is 0 Å². The van der Waals surface area contributed by atoms with E-state index in [0.29, 0.717) is 34.6 Å². The van der Waals surface area contributed by atoms with E-state index in [4.69, 9.17) is 38.1 Å². The molecule has 1 aromatic heterocycles. The first kappa shape index (κ1) is 121. The van der Waals surface area contributed by atoms with Crippen molar-refractivity contribution < 1.29 is 116 Å². The number of hydrazine groups is 1. The number of aliphatic carboxylic acids is 2. The number of H-pyrrole nitrogens is 1. The number of aliphatic imine (C=N–C) groups is 1. The summed E-state index contributed by atoms with van der Waals surface area (Å²) in [6, 6.07) is -2.18. The first-order valence-electron chi connectivity index (χ1n) is 48.7. The molecule has 12 atom stereocenters. The summed E-state index contributed by atoms with van der Waals surface area (Å²) in [6.07, 6.45) is 9.02. The molecule has 30 N–H and O–H groups in total. The van der Waals surface area contributed by atoms with Crippen LogP contribution in [0.5, 0.6) is 0 Å². The molecule has 2 saturated heterocycles. The number of carbonyl (C=O) groups excluding carboxylic acids is 16. The monoisotopic (exact) mass is 2030 g/mol. The van der Waals surface area contributed by atoms with Crippen LogP contribution in [-0.2, 0) is 109 Å². The van der Waals surface area contributed by atoms with Crippen molar-refractivity contribution in [1.29, 1.82) is 0 Å². The van der Waals surface area contributed by atoms with E-state index in [1.165, 1.54) is 51.4 Å². The molecule has 0 saturated carbocycles. The summed E-state index contributed by atoms with van der Waals surface area (Å²) in [4.78, 5) is 255. The van der Waals surface area contributed by atoms with Gasteiger partial charge in [0.15, 0.2) is 6.17 Å². The van der Waals surface area contributed by atoms with Gasteiger partial charge in [0.2, 0.25) is 88.6 Å². The molecule has 2 fully saturated rings. The van der Waals surface area contributed by atoms with E-state index < -0.39 is 251 Å². The minimum atomic E-state index is -2.39. The third kappa shape index (κ3) is 48.0. The summed E-state index contributed by atoms with van der Waals surface area (Å²) in [5, 5.41) is 91.5. The van der Waals surface area contributed by atoms with Crippen molar-refractivity contribution in [1.82, 2.24) is 110 Å². The predicted octanol–water partition coefficient (Wildman–Crippen LogP) is -4.67. The van der Waals surface area contributed by atoms with E-state index in [-0.39, 0.29) is 121 Å². The van der Waals surface area contributed by atoms with Gasteiger partial charge in [0.1, 0.15) is 85.9 Å². The Hall–Kier alpha value is -13.6. The molecule has 0 aliphatic carbocycles. The number of hydrogen-bond donors (Lipinski definition) is 25. The van der Waals surface area contributed by atoms with Crippen LogP contribution in [0.3, 0.4) is 0 Å². The Labute approximate surface area is 835 Å². The molecule has 0 bridgehead atoms. The Morgan fingerprint density at radius 3 is 1.89 bits per heavy atom. The Balaban J connectivity index is 1.31. The number of nitrogens with one attached hydrogen (secondary N) is 16. The number of anilines is 1. The number of aryl methyl sites for hydroxylation is 1. The number of carboxylic acid groups (broad SMARTS) is 2. The van der Waals surface area contributed by atoms with Crippen LogP contribution in [-0.4, -0.2) is 322 Å². The summed E-state index contributed by atoms with van der Waals surface area (Å²) in [5.74, 6) is -18.8. The third-order valence-electron chi connectivity index (χ3n) is 23.4. The lowest BCUT2D eigenvalue weighted by atomic mass is 9.97. The fourth-order valence-electron chi connectivity index (χ4n) is 15.6. The smallest absolute Gasteiger partial charge is 0.319 e. The van der Waals surface area contributed by atoms with Crippen LogP contribution < -0.4 is 109 Å². The molecule has 2 aliphatic heterocycles.